The predicted molar refractivity (Wildman–Crippen MR) is 69.1 cm³/mol. The average molecular weight is 204 g/mol. The molecule has 1 aliphatic heterocycles. The number of anilines is 2. The van der Waals surface area contributed by atoms with Crippen LogP contribution in [-0.2, 0) is 6.42 Å². The molecule has 0 aliphatic carbocycles. The van der Waals surface area contributed by atoms with Gasteiger partial charge in [-0.3, -0.25) is 0 Å². The molecule has 0 atom stereocenters. The molecule has 0 bridgehead atoms. The molecule has 0 fully saturated rings. The molecular weight excluding hydrogens is 184 g/mol. The minimum atomic E-state index is 0.808. The number of benzene rings is 1. The lowest BCUT2D eigenvalue weighted by Gasteiger charge is -2.21. The standard InChI is InChI=1S/C11H14N2.C2H6/c1-2-9-10(12)6-5-8-4-3-7-13-11(8)9;1-2/h2,5-6,13H,1,3-4,7,12H2;1-2H3. The van der Waals surface area contributed by atoms with Crippen LogP contribution in [-0.4, -0.2) is 6.54 Å². The molecule has 1 aromatic rings. The first-order chi connectivity index (χ1) is 7.33. The Balaban J connectivity index is 0.000000531. The third-order valence-electron chi connectivity index (χ3n) is 2.49. The zero-order chi connectivity index (χ0) is 11.3. The van der Waals surface area contributed by atoms with Crippen molar-refractivity contribution in [1.29, 1.82) is 0 Å². The van der Waals surface area contributed by atoms with Gasteiger partial charge in [0.2, 0.25) is 0 Å². The first-order valence-corrected chi connectivity index (χ1v) is 5.60. The van der Waals surface area contributed by atoms with E-state index >= 15 is 0 Å². The number of rotatable bonds is 1. The Hall–Kier alpha value is -1.44. The summed E-state index contributed by atoms with van der Waals surface area (Å²) in [5, 5.41) is 3.37. The van der Waals surface area contributed by atoms with Gasteiger partial charge in [0, 0.05) is 23.5 Å². The number of nitrogens with one attached hydrogen (secondary N) is 1. The fourth-order valence-corrected chi connectivity index (χ4v) is 1.81. The van der Waals surface area contributed by atoms with E-state index in [4.69, 9.17) is 5.73 Å². The summed E-state index contributed by atoms with van der Waals surface area (Å²) >= 11 is 0. The van der Waals surface area contributed by atoms with E-state index in [2.05, 4.69) is 18.0 Å². The van der Waals surface area contributed by atoms with Crippen LogP contribution in [0.4, 0.5) is 11.4 Å². The zero-order valence-corrected chi connectivity index (χ0v) is 9.64. The normalized spacial score (nSPS) is 12.9. The van der Waals surface area contributed by atoms with E-state index in [1.807, 2.05) is 26.0 Å². The summed E-state index contributed by atoms with van der Waals surface area (Å²) in [7, 11) is 0. The highest BCUT2D eigenvalue weighted by atomic mass is 14.9. The van der Waals surface area contributed by atoms with E-state index < -0.39 is 0 Å². The van der Waals surface area contributed by atoms with Crippen molar-refractivity contribution in [3.05, 3.63) is 29.8 Å². The molecular formula is C13H20N2. The first kappa shape index (κ1) is 11.6. The molecule has 0 amide bonds. The predicted octanol–water partition coefficient (Wildman–Crippen LogP) is 3.30. The monoisotopic (exact) mass is 204 g/mol. The molecule has 0 aromatic heterocycles. The van der Waals surface area contributed by atoms with Crippen molar-refractivity contribution < 1.29 is 0 Å². The summed E-state index contributed by atoms with van der Waals surface area (Å²) in [5.74, 6) is 0. The zero-order valence-electron chi connectivity index (χ0n) is 9.64. The lowest BCUT2D eigenvalue weighted by atomic mass is 9.98. The van der Waals surface area contributed by atoms with Gasteiger partial charge in [0.25, 0.3) is 0 Å². The molecule has 1 heterocycles. The lowest BCUT2D eigenvalue weighted by molar-refractivity contribution is 0.830. The van der Waals surface area contributed by atoms with Crippen molar-refractivity contribution in [3.8, 4) is 0 Å². The molecule has 1 aromatic carbocycles. The summed E-state index contributed by atoms with van der Waals surface area (Å²) < 4.78 is 0. The molecule has 0 saturated heterocycles. The van der Waals surface area contributed by atoms with Crippen molar-refractivity contribution in [2.24, 2.45) is 0 Å². The van der Waals surface area contributed by atoms with E-state index in [0.717, 1.165) is 24.2 Å². The van der Waals surface area contributed by atoms with Gasteiger partial charge in [0.1, 0.15) is 0 Å². The molecule has 0 saturated carbocycles. The Morgan fingerprint density at radius 1 is 1.40 bits per heavy atom. The van der Waals surface area contributed by atoms with Crippen LogP contribution in [0.15, 0.2) is 18.7 Å². The van der Waals surface area contributed by atoms with Crippen LogP contribution in [0.5, 0.6) is 0 Å². The Morgan fingerprint density at radius 2 is 2.13 bits per heavy atom. The number of aryl methyl sites for hydroxylation is 1. The Morgan fingerprint density at radius 3 is 2.80 bits per heavy atom. The number of fused-ring (bicyclic) bond motifs is 1. The lowest BCUT2D eigenvalue weighted by Crippen LogP contribution is -2.13. The Labute approximate surface area is 92.2 Å². The molecule has 0 spiro atoms. The van der Waals surface area contributed by atoms with Crippen LogP contribution in [0.25, 0.3) is 6.08 Å². The van der Waals surface area contributed by atoms with Crippen molar-refractivity contribution in [2.75, 3.05) is 17.6 Å². The number of nitrogens with two attached hydrogens (primary N) is 1. The van der Waals surface area contributed by atoms with Crippen molar-refractivity contribution >= 4 is 17.5 Å². The maximum Gasteiger partial charge on any atom is 0.0467 e. The van der Waals surface area contributed by atoms with Gasteiger partial charge in [-0.05, 0) is 24.5 Å². The molecule has 82 valence electrons. The van der Waals surface area contributed by atoms with Crippen LogP contribution in [0.1, 0.15) is 31.4 Å². The summed E-state index contributed by atoms with van der Waals surface area (Å²) in [5.41, 5.74) is 10.2. The average Bonchev–Trinajstić information content (AvgIpc) is 2.32. The molecule has 2 rings (SSSR count). The molecule has 3 N–H and O–H groups in total. The number of hydrogen-bond acceptors (Lipinski definition) is 2. The summed E-state index contributed by atoms with van der Waals surface area (Å²) in [4.78, 5) is 0. The van der Waals surface area contributed by atoms with Gasteiger partial charge in [-0.2, -0.15) is 0 Å². The third kappa shape index (κ3) is 2.32. The number of hydrogen-bond donors (Lipinski definition) is 2. The fourth-order valence-electron chi connectivity index (χ4n) is 1.81. The first-order valence-electron chi connectivity index (χ1n) is 5.60. The van der Waals surface area contributed by atoms with Gasteiger partial charge in [0.15, 0.2) is 0 Å². The minimum Gasteiger partial charge on any atom is -0.398 e. The SMILES string of the molecule is C=Cc1c(N)ccc2c1NCCC2.CC. The van der Waals surface area contributed by atoms with Crippen molar-refractivity contribution in [1.82, 2.24) is 0 Å². The second-order valence-corrected chi connectivity index (χ2v) is 3.34. The second kappa shape index (κ2) is 5.44. The quantitative estimate of drug-likeness (QED) is 0.689. The molecule has 0 radical (unpaired) electrons. The van der Waals surface area contributed by atoms with Crippen LogP contribution in [0, 0.1) is 0 Å². The Kier molecular flexibility index (Phi) is 4.22. The van der Waals surface area contributed by atoms with Crippen LogP contribution in [0.3, 0.4) is 0 Å². The Bertz CT molecular complexity index is 343. The van der Waals surface area contributed by atoms with E-state index in [9.17, 15) is 0 Å². The summed E-state index contributed by atoms with van der Waals surface area (Å²) in [6.45, 7) is 8.82. The maximum absolute atomic E-state index is 5.84. The van der Waals surface area contributed by atoms with E-state index in [-0.39, 0.29) is 0 Å². The van der Waals surface area contributed by atoms with Gasteiger partial charge >= 0.3 is 0 Å². The molecule has 1 aliphatic rings. The highest BCUT2D eigenvalue weighted by molar-refractivity contribution is 5.79. The van der Waals surface area contributed by atoms with Gasteiger partial charge in [-0.25, -0.2) is 0 Å². The number of nitrogen functional groups attached to an aromatic ring is 1. The topological polar surface area (TPSA) is 38.0 Å². The molecule has 15 heavy (non-hydrogen) atoms. The minimum absolute atomic E-state index is 0.808. The van der Waals surface area contributed by atoms with Crippen LogP contribution in [0.2, 0.25) is 0 Å². The molecule has 2 heteroatoms. The van der Waals surface area contributed by atoms with Crippen LogP contribution >= 0.6 is 0 Å². The largest absolute Gasteiger partial charge is 0.398 e. The second-order valence-electron chi connectivity index (χ2n) is 3.34. The van der Waals surface area contributed by atoms with E-state index in [0.29, 0.717) is 0 Å². The summed E-state index contributed by atoms with van der Waals surface area (Å²) in [6, 6.07) is 4.06. The smallest absolute Gasteiger partial charge is 0.0467 e. The summed E-state index contributed by atoms with van der Waals surface area (Å²) in [6.07, 6.45) is 4.17. The van der Waals surface area contributed by atoms with Gasteiger partial charge in [-0.1, -0.05) is 32.6 Å². The van der Waals surface area contributed by atoms with Crippen molar-refractivity contribution in [3.63, 3.8) is 0 Å². The van der Waals surface area contributed by atoms with Gasteiger partial charge in [0.05, 0.1) is 0 Å². The highest BCUT2D eigenvalue weighted by Gasteiger charge is 2.12. The molecule has 0 unspecified atom stereocenters. The fraction of sp³-hybridized carbons (Fsp3) is 0.385. The molecule has 2 nitrogen and oxygen atoms in total. The third-order valence-corrected chi connectivity index (χ3v) is 2.49. The maximum atomic E-state index is 5.84. The van der Waals surface area contributed by atoms with E-state index in [1.54, 1.807) is 0 Å². The van der Waals surface area contributed by atoms with Crippen molar-refractivity contribution in [2.45, 2.75) is 26.7 Å². The van der Waals surface area contributed by atoms with E-state index in [1.165, 1.54) is 17.7 Å². The van der Waals surface area contributed by atoms with Gasteiger partial charge in [-0.15, -0.1) is 0 Å². The highest BCUT2D eigenvalue weighted by Crippen LogP contribution is 2.30. The van der Waals surface area contributed by atoms with Crippen LogP contribution < -0.4 is 11.1 Å². The van der Waals surface area contributed by atoms with Gasteiger partial charge < -0.3 is 11.1 Å².